The molecule has 1 aromatic carbocycles. The topological polar surface area (TPSA) is 54.5 Å². The van der Waals surface area contributed by atoms with Gasteiger partial charge in [0.05, 0.1) is 10.7 Å². The number of amides is 1. The standard InChI is InChI=1S/C11H10Cl2FNO3S/c1-6-2-3-8(14)11(10(6)12)15-5-7(4-9(15)16)19(13,17)18/h2-3,7H,4-5H2,1H3. The zero-order valence-electron chi connectivity index (χ0n) is 9.86. The lowest BCUT2D eigenvalue weighted by Crippen LogP contribution is -2.28. The molecule has 0 bridgehead atoms. The molecule has 1 fully saturated rings. The molecule has 1 saturated heterocycles. The van der Waals surface area contributed by atoms with Crippen molar-refractivity contribution in [3.63, 3.8) is 0 Å². The molecule has 0 saturated carbocycles. The molecule has 0 radical (unpaired) electrons. The van der Waals surface area contributed by atoms with Gasteiger partial charge in [-0.05, 0) is 18.6 Å². The third-order valence-corrected chi connectivity index (χ3v) is 5.36. The van der Waals surface area contributed by atoms with Gasteiger partial charge in [-0.2, -0.15) is 0 Å². The van der Waals surface area contributed by atoms with Crippen LogP contribution in [0.3, 0.4) is 0 Å². The van der Waals surface area contributed by atoms with E-state index in [9.17, 15) is 17.6 Å². The SMILES string of the molecule is Cc1ccc(F)c(N2CC(S(=O)(=O)Cl)CC2=O)c1Cl. The molecule has 0 aliphatic carbocycles. The lowest BCUT2D eigenvalue weighted by Gasteiger charge is -2.19. The van der Waals surface area contributed by atoms with E-state index < -0.39 is 26.0 Å². The Labute approximate surface area is 119 Å². The van der Waals surface area contributed by atoms with Crippen molar-refractivity contribution in [2.75, 3.05) is 11.4 Å². The minimum absolute atomic E-state index is 0.0884. The second kappa shape index (κ2) is 4.92. The summed E-state index contributed by atoms with van der Waals surface area (Å²) in [5.41, 5.74) is 0.512. The van der Waals surface area contributed by atoms with Crippen LogP contribution < -0.4 is 4.90 Å². The second-order valence-electron chi connectivity index (χ2n) is 4.33. The molecule has 8 heteroatoms. The van der Waals surface area contributed by atoms with Crippen LogP contribution in [0, 0.1) is 12.7 Å². The third-order valence-electron chi connectivity index (χ3n) is 3.02. The highest BCUT2D eigenvalue weighted by atomic mass is 35.7. The molecular weight excluding hydrogens is 316 g/mol. The fraction of sp³-hybridized carbons (Fsp3) is 0.364. The van der Waals surface area contributed by atoms with Gasteiger partial charge in [-0.25, -0.2) is 12.8 Å². The number of hydrogen-bond acceptors (Lipinski definition) is 3. The Hall–Kier alpha value is -0.850. The zero-order valence-corrected chi connectivity index (χ0v) is 12.2. The summed E-state index contributed by atoms with van der Waals surface area (Å²) in [5.74, 6) is -1.18. The summed E-state index contributed by atoms with van der Waals surface area (Å²) in [4.78, 5) is 12.9. The minimum Gasteiger partial charge on any atom is -0.307 e. The fourth-order valence-corrected chi connectivity index (χ4v) is 3.25. The molecule has 1 aromatic rings. The molecule has 1 amide bonds. The lowest BCUT2D eigenvalue weighted by molar-refractivity contribution is -0.117. The Morgan fingerprint density at radius 1 is 1.42 bits per heavy atom. The first kappa shape index (κ1) is 14.6. The monoisotopic (exact) mass is 325 g/mol. The number of nitrogens with zero attached hydrogens (tertiary/aromatic N) is 1. The van der Waals surface area contributed by atoms with Crippen molar-refractivity contribution in [1.29, 1.82) is 0 Å². The van der Waals surface area contributed by atoms with Crippen LogP contribution in [0.2, 0.25) is 5.02 Å². The molecular formula is C11H10Cl2FNO3S. The largest absolute Gasteiger partial charge is 0.307 e. The number of rotatable bonds is 2. The van der Waals surface area contributed by atoms with E-state index in [4.69, 9.17) is 22.3 Å². The van der Waals surface area contributed by atoms with Crippen molar-refractivity contribution in [3.8, 4) is 0 Å². The summed E-state index contributed by atoms with van der Waals surface area (Å²) in [6.45, 7) is 1.48. The summed E-state index contributed by atoms with van der Waals surface area (Å²) in [6.07, 6.45) is -0.268. The molecule has 19 heavy (non-hydrogen) atoms. The predicted molar refractivity (Wildman–Crippen MR) is 71.7 cm³/mol. The van der Waals surface area contributed by atoms with E-state index in [0.29, 0.717) is 5.56 Å². The highest BCUT2D eigenvalue weighted by Crippen LogP contribution is 2.35. The third kappa shape index (κ3) is 2.70. The Balaban J connectivity index is 2.45. The molecule has 2 rings (SSSR count). The first-order valence-corrected chi connectivity index (χ1v) is 8.15. The average Bonchev–Trinajstić information content (AvgIpc) is 2.67. The summed E-state index contributed by atoms with van der Waals surface area (Å²) in [6, 6.07) is 2.67. The summed E-state index contributed by atoms with van der Waals surface area (Å²) in [5, 5.41) is -0.946. The van der Waals surface area contributed by atoms with Crippen molar-refractivity contribution in [3.05, 3.63) is 28.5 Å². The summed E-state index contributed by atoms with van der Waals surface area (Å²) in [7, 11) is 1.37. The van der Waals surface area contributed by atoms with Gasteiger partial charge < -0.3 is 4.90 Å². The normalized spacial score (nSPS) is 20.1. The quantitative estimate of drug-likeness (QED) is 0.785. The van der Waals surface area contributed by atoms with Crippen LogP contribution in [0.1, 0.15) is 12.0 Å². The smallest absolute Gasteiger partial charge is 0.237 e. The highest BCUT2D eigenvalue weighted by molar-refractivity contribution is 8.14. The van der Waals surface area contributed by atoms with Crippen LogP contribution in [0.25, 0.3) is 0 Å². The van der Waals surface area contributed by atoms with Crippen LogP contribution in [-0.2, 0) is 13.8 Å². The van der Waals surface area contributed by atoms with Crippen LogP contribution in [0.5, 0.6) is 0 Å². The van der Waals surface area contributed by atoms with Crippen LogP contribution in [0.15, 0.2) is 12.1 Å². The number of anilines is 1. The van der Waals surface area contributed by atoms with Gasteiger partial charge in [-0.3, -0.25) is 4.79 Å². The number of hydrogen-bond donors (Lipinski definition) is 0. The van der Waals surface area contributed by atoms with E-state index in [1.807, 2.05) is 0 Å². The lowest BCUT2D eigenvalue weighted by atomic mass is 10.2. The molecule has 1 atom stereocenters. The van der Waals surface area contributed by atoms with E-state index in [1.165, 1.54) is 12.1 Å². The Bertz CT molecular complexity index is 648. The van der Waals surface area contributed by atoms with Crippen molar-refractivity contribution >= 4 is 42.9 Å². The first-order valence-electron chi connectivity index (χ1n) is 5.40. The Morgan fingerprint density at radius 2 is 2.05 bits per heavy atom. The van der Waals surface area contributed by atoms with E-state index in [2.05, 4.69) is 0 Å². The number of carbonyl (C=O) groups is 1. The maximum absolute atomic E-state index is 13.8. The predicted octanol–water partition coefficient (Wildman–Crippen LogP) is 2.46. The van der Waals surface area contributed by atoms with E-state index in [0.717, 1.165) is 4.90 Å². The van der Waals surface area contributed by atoms with E-state index in [-0.39, 0.29) is 23.7 Å². The Kier molecular flexibility index (Phi) is 3.77. The summed E-state index contributed by atoms with van der Waals surface area (Å²) < 4.78 is 36.3. The number of benzene rings is 1. The number of halogens is 3. The van der Waals surface area contributed by atoms with Crippen LogP contribution in [0.4, 0.5) is 10.1 Å². The molecule has 0 spiro atoms. The van der Waals surface area contributed by atoms with Gasteiger partial charge in [-0.1, -0.05) is 17.7 Å². The Morgan fingerprint density at radius 3 is 2.58 bits per heavy atom. The van der Waals surface area contributed by atoms with Crippen molar-refractivity contribution in [1.82, 2.24) is 0 Å². The van der Waals surface area contributed by atoms with Crippen molar-refractivity contribution in [2.45, 2.75) is 18.6 Å². The molecule has 104 valence electrons. The maximum Gasteiger partial charge on any atom is 0.237 e. The molecule has 1 aliphatic heterocycles. The van der Waals surface area contributed by atoms with Gasteiger partial charge in [-0.15, -0.1) is 0 Å². The van der Waals surface area contributed by atoms with Gasteiger partial charge >= 0.3 is 0 Å². The molecule has 4 nitrogen and oxygen atoms in total. The number of aryl methyl sites for hydroxylation is 1. The van der Waals surface area contributed by atoms with Gasteiger partial charge in [0.1, 0.15) is 11.1 Å². The van der Waals surface area contributed by atoms with E-state index >= 15 is 0 Å². The maximum atomic E-state index is 13.8. The van der Waals surface area contributed by atoms with Gasteiger partial charge in [0.25, 0.3) is 0 Å². The molecule has 1 heterocycles. The fourth-order valence-electron chi connectivity index (χ4n) is 1.97. The average molecular weight is 326 g/mol. The second-order valence-corrected chi connectivity index (χ2v) is 7.62. The minimum atomic E-state index is -3.87. The van der Waals surface area contributed by atoms with E-state index in [1.54, 1.807) is 6.92 Å². The van der Waals surface area contributed by atoms with Crippen LogP contribution >= 0.6 is 22.3 Å². The molecule has 0 N–H and O–H groups in total. The molecule has 1 unspecified atom stereocenters. The van der Waals surface area contributed by atoms with Crippen molar-refractivity contribution in [2.24, 2.45) is 0 Å². The van der Waals surface area contributed by atoms with Gasteiger partial charge in [0, 0.05) is 23.6 Å². The highest BCUT2D eigenvalue weighted by Gasteiger charge is 2.39. The van der Waals surface area contributed by atoms with Gasteiger partial charge in [0.15, 0.2) is 0 Å². The van der Waals surface area contributed by atoms with Crippen LogP contribution in [-0.4, -0.2) is 26.1 Å². The summed E-state index contributed by atoms with van der Waals surface area (Å²) >= 11 is 5.99. The zero-order chi connectivity index (χ0) is 14.4. The van der Waals surface area contributed by atoms with Gasteiger partial charge in [0.2, 0.25) is 15.0 Å². The first-order chi connectivity index (χ1) is 8.71. The van der Waals surface area contributed by atoms with Crippen molar-refractivity contribution < 1.29 is 17.6 Å². The molecule has 1 aliphatic rings. The number of carbonyl (C=O) groups excluding carboxylic acids is 1. The molecule has 0 aromatic heterocycles.